The second-order valence-electron chi connectivity index (χ2n) is 17.6. The van der Waals surface area contributed by atoms with Crippen LogP contribution in [-0.2, 0) is 10.8 Å². The number of hydrogen-bond donors (Lipinski definition) is 0. The van der Waals surface area contributed by atoms with Crippen molar-refractivity contribution in [2.75, 3.05) is 9.80 Å². The fraction of sp³-hybridized carbons (Fsp3) is 0.179. The zero-order valence-electron chi connectivity index (χ0n) is 33.8. The molecule has 0 aliphatic heterocycles. The molecule has 282 valence electrons. The number of nitrogens with zero attached hydrogens (tertiary/aromatic N) is 2. The Bertz CT molecular complexity index is 2680. The van der Waals surface area contributed by atoms with Crippen LogP contribution in [0.1, 0.15) is 80.0 Å². The molecule has 11 rings (SSSR count). The Morgan fingerprint density at radius 3 is 1.66 bits per heavy atom. The van der Waals surface area contributed by atoms with E-state index in [0.717, 1.165) is 12.8 Å². The lowest BCUT2D eigenvalue weighted by Crippen LogP contribution is -2.30. The van der Waals surface area contributed by atoms with Crippen molar-refractivity contribution in [3.63, 3.8) is 0 Å². The molecule has 0 radical (unpaired) electrons. The number of rotatable bonds is 6. The molecule has 0 aromatic heterocycles. The van der Waals surface area contributed by atoms with Crippen LogP contribution in [0, 0.1) is 5.92 Å². The number of para-hydroxylation sites is 4. The summed E-state index contributed by atoms with van der Waals surface area (Å²) in [5, 5.41) is 0. The second-order valence-corrected chi connectivity index (χ2v) is 17.6. The van der Waals surface area contributed by atoms with Gasteiger partial charge in [0.2, 0.25) is 0 Å². The molecule has 0 spiro atoms. The SMILES string of the molecule is CC1(C)C2=C(C3=CC=CCC3C(N(c3ccccc3)c3ccccc3)=C2)c2cc3c(cc21)C1=C(CC(N(c2ccccc2)c2ccccc2)c2ccccc21)C3(C)C. The third kappa shape index (κ3) is 5.10. The largest absolute Gasteiger partial charge is 0.334 e. The van der Waals surface area contributed by atoms with Crippen LogP contribution in [0.3, 0.4) is 0 Å². The maximum atomic E-state index is 2.62. The molecule has 2 heteroatoms. The molecule has 2 unspecified atom stereocenters. The van der Waals surface area contributed by atoms with E-state index in [0.29, 0.717) is 0 Å². The maximum absolute atomic E-state index is 2.62. The Morgan fingerprint density at radius 1 is 0.534 bits per heavy atom. The average Bonchev–Trinajstić information content (AvgIpc) is 3.63. The van der Waals surface area contributed by atoms with Gasteiger partial charge in [0.05, 0.1) is 6.04 Å². The van der Waals surface area contributed by atoms with Crippen LogP contribution in [0.4, 0.5) is 22.7 Å². The quantitative estimate of drug-likeness (QED) is 0.167. The summed E-state index contributed by atoms with van der Waals surface area (Å²) in [6, 6.07) is 58.4. The third-order valence-corrected chi connectivity index (χ3v) is 13.8. The first-order valence-electron chi connectivity index (χ1n) is 21.0. The molecule has 5 aliphatic rings. The summed E-state index contributed by atoms with van der Waals surface area (Å²) < 4.78 is 0. The number of benzene rings is 6. The number of allylic oxidation sites excluding steroid dienone is 7. The van der Waals surface area contributed by atoms with Crippen LogP contribution in [0.2, 0.25) is 0 Å². The van der Waals surface area contributed by atoms with Gasteiger partial charge in [-0.05, 0) is 141 Å². The first-order chi connectivity index (χ1) is 28.3. The molecule has 0 heterocycles. The lowest BCUT2D eigenvalue weighted by atomic mass is 9.73. The van der Waals surface area contributed by atoms with Gasteiger partial charge in [0, 0.05) is 45.2 Å². The molecule has 0 fully saturated rings. The minimum Gasteiger partial charge on any atom is -0.334 e. The maximum Gasteiger partial charge on any atom is 0.0635 e. The molecule has 0 saturated heterocycles. The molecule has 6 aromatic carbocycles. The summed E-state index contributed by atoms with van der Waals surface area (Å²) in [5.41, 5.74) is 21.6. The van der Waals surface area contributed by atoms with Gasteiger partial charge in [-0.2, -0.15) is 0 Å². The molecule has 2 nitrogen and oxygen atoms in total. The van der Waals surface area contributed by atoms with Crippen LogP contribution < -0.4 is 9.80 Å². The lowest BCUT2D eigenvalue weighted by molar-refractivity contribution is 0.560. The summed E-state index contributed by atoms with van der Waals surface area (Å²) >= 11 is 0. The van der Waals surface area contributed by atoms with Gasteiger partial charge in [-0.1, -0.05) is 143 Å². The van der Waals surface area contributed by atoms with Crippen molar-refractivity contribution in [1.82, 2.24) is 0 Å². The van der Waals surface area contributed by atoms with E-state index < -0.39 is 0 Å². The molecule has 6 aromatic rings. The minimum absolute atomic E-state index is 0.148. The molecule has 0 amide bonds. The number of fused-ring (bicyclic) bond motifs is 8. The van der Waals surface area contributed by atoms with Crippen LogP contribution in [0.15, 0.2) is 204 Å². The van der Waals surface area contributed by atoms with Crippen LogP contribution >= 0.6 is 0 Å². The van der Waals surface area contributed by atoms with E-state index in [1.165, 1.54) is 84.1 Å². The van der Waals surface area contributed by atoms with E-state index in [9.17, 15) is 0 Å². The summed E-state index contributed by atoms with van der Waals surface area (Å²) in [7, 11) is 0. The lowest BCUT2D eigenvalue weighted by Gasteiger charge is -2.40. The Hall–Kier alpha value is -6.38. The Labute approximate surface area is 343 Å². The van der Waals surface area contributed by atoms with Crippen molar-refractivity contribution in [1.29, 1.82) is 0 Å². The molecule has 5 aliphatic carbocycles. The van der Waals surface area contributed by atoms with Gasteiger partial charge in [-0.25, -0.2) is 0 Å². The van der Waals surface area contributed by atoms with Crippen molar-refractivity contribution in [2.45, 2.75) is 57.4 Å². The Balaban J connectivity index is 1.08. The van der Waals surface area contributed by atoms with Crippen molar-refractivity contribution >= 4 is 33.9 Å². The van der Waals surface area contributed by atoms with Crippen molar-refractivity contribution in [3.8, 4) is 0 Å². The highest BCUT2D eigenvalue weighted by Gasteiger charge is 2.49. The monoisotopic (exact) mass is 748 g/mol. The molecule has 58 heavy (non-hydrogen) atoms. The van der Waals surface area contributed by atoms with Gasteiger partial charge in [-0.15, -0.1) is 0 Å². The second kappa shape index (κ2) is 13.1. The zero-order valence-corrected chi connectivity index (χ0v) is 33.8. The number of anilines is 4. The van der Waals surface area contributed by atoms with Crippen molar-refractivity contribution in [2.24, 2.45) is 5.92 Å². The summed E-state index contributed by atoms with van der Waals surface area (Å²) in [4.78, 5) is 5.08. The van der Waals surface area contributed by atoms with E-state index in [1.54, 1.807) is 5.57 Å². The standard InChI is InChI=1S/C56H48N2/c1-55(2)47-33-46-48(34-45(47)53-43-31-19-17-29-41(43)51(35-49(53)55)57(37-21-9-5-10-22-37)38-23-11-6-12-24-38)56(3,4)50-36-52(42-30-18-20-32-44(42)54(46)50)58(39-25-13-7-14-26-39)40-27-15-8-16-28-40/h5-29,31-34,36,42,51H,30,35H2,1-4H3. The molecule has 0 saturated carbocycles. The predicted molar refractivity (Wildman–Crippen MR) is 243 cm³/mol. The third-order valence-electron chi connectivity index (χ3n) is 13.8. The van der Waals surface area contributed by atoms with E-state index >= 15 is 0 Å². The van der Waals surface area contributed by atoms with E-state index in [1.807, 2.05) is 0 Å². The van der Waals surface area contributed by atoms with E-state index in [2.05, 4.69) is 220 Å². The normalized spacial score (nSPS) is 20.2. The van der Waals surface area contributed by atoms with Crippen molar-refractivity contribution < 1.29 is 0 Å². The predicted octanol–water partition coefficient (Wildman–Crippen LogP) is 14.3. The topological polar surface area (TPSA) is 6.48 Å². The van der Waals surface area contributed by atoms with Crippen LogP contribution in [0.5, 0.6) is 0 Å². The Morgan fingerprint density at radius 2 is 1.05 bits per heavy atom. The van der Waals surface area contributed by atoms with E-state index in [-0.39, 0.29) is 22.8 Å². The van der Waals surface area contributed by atoms with Gasteiger partial charge in [0.25, 0.3) is 0 Å². The first kappa shape index (κ1) is 34.8. The minimum atomic E-state index is -0.196. The highest BCUT2D eigenvalue weighted by atomic mass is 15.2. The first-order valence-corrected chi connectivity index (χ1v) is 21.0. The number of hydrogen-bond acceptors (Lipinski definition) is 2. The average molecular weight is 749 g/mol. The summed E-state index contributed by atoms with van der Waals surface area (Å²) in [6.45, 7) is 9.89. The molecule has 0 bridgehead atoms. The molecular weight excluding hydrogens is 701 g/mol. The summed E-state index contributed by atoms with van der Waals surface area (Å²) in [5.74, 6) is 0.244. The molecule has 0 N–H and O–H groups in total. The van der Waals surface area contributed by atoms with Gasteiger partial charge in [0.15, 0.2) is 0 Å². The smallest absolute Gasteiger partial charge is 0.0635 e. The van der Waals surface area contributed by atoms with Gasteiger partial charge in [0.1, 0.15) is 0 Å². The highest BCUT2D eigenvalue weighted by molar-refractivity contribution is 5.99. The fourth-order valence-corrected chi connectivity index (χ4v) is 11.0. The highest BCUT2D eigenvalue weighted by Crippen LogP contribution is 2.62. The zero-order chi connectivity index (χ0) is 39.2. The van der Waals surface area contributed by atoms with E-state index in [4.69, 9.17) is 0 Å². The Kier molecular flexibility index (Phi) is 7.86. The van der Waals surface area contributed by atoms with Gasteiger partial charge < -0.3 is 9.80 Å². The van der Waals surface area contributed by atoms with Crippen LogP contribution in [-0.4, -0.2) is 0 Å². The molecule has 2 atom stereocenters. The van der Waals surface area contributed by atoms with Crippen molar-refractivity contribution in [3.05, 3.63) is 238 Å². The fourth-order valence-electron chi connectivity index (χ4n) is 11.0. The summed E-state index contributed by atoms with van der Waals surface area (Å²) in [6.07, 6.45) is 11.6. The molecular formula is C56H48N2. The van der Waals surface area contributed by atoms with Gasteiger partial charge in [-0.3, -0.25) is 0 Å². The van der Waals surface area contributed by atoms with Gasteiger partial charge >= 0.3 is 0 Å². The van der Waals surface area contributed by atoms with Crippen LogP contribution in [0.25, 0.3) is 11.1 Å².